The summed E-state index contributed by atoms with van der Waals surface area (Å²) in [7, 11) is 0. The lowest BCUT2D eigenvalue weighted by Gasteiger charge is -2.28. The first kappa shape index (κ1) is 8.84. The fourth-order valence-corrected chi connectivity index (χ4v) is 2.32. The van der Waals surface area contributed by atoms with Crippen LogP contribution in [-0.4, -0.2) is 17.3 Å². The zero-order valence-corrected chi connectivity index (χ0v) is 6.77. The van der Waals surface area contributed by atoms with Crippen molar-refractivity contribution in [3.8, 4) is 0 Å². The number of hydrogen-bond donors (Lipinski definition) is 1. The van der Waals surface area contributed by atoms with Crippen LogP contribution in [0.3, 0.4) is 0 Å². The van der Waals surface area contributed by atoms with Gasteiger partial charge in [0.15, 0.2) is 5.41 Å². The summed E-state index contributed by atoms with van der Waals surface area (Å²) in [5, 5.41) is 8.62. The number of carbonyl (C=O) groups is 1. The van der Waals surface area contributed by atoms with E-state index in [1.807, 2.05) is 0 Å². The Morgan fingerprint density at radius 2 is 1.77 bits per heavy atom. The lowest BCUT2D eigenvalue weighted by Crippen LogP contribution is -2.43. The van der Waals surface area contributed by atoms with Crippen LogP contribution in [0.4, 0.5) is 13.2 Å². The van der Waals surface area contributed by atoms with Crippen molar-refractivity contribution in [1.82, 2.24) is 0 Å². The van der Waals surface area contributed by atoms with E-state index in [4.69, 9.17) is 5.11 Å². The molecule has 0 spiro atoms. The van der Waals surface area contributed by atoms with Crippen molar-refractivity contribution < 1.29 is 23.1 Å². The fraction of sp³-hybridized carbons (Fsp3) is 0.875. The second-order valence-electron chi connectivity index (χ2n) is 4.05. The van der Waals surface area contributed by atoms with Crippen molar-refractivity contribution in [3.05, 3.63) is 0 Å². The van der Waals surface area contributed by atoms with Crippen LogP contribution >= 0.6 is 0 Å². The summed E-state index contributed by atoms with van der Waals surface area (Å²) >= 11 is 0. The molecule has 0 bridgehead atoms. The average Bonchev–Trinajstić information content (AvgIpc) is 2.56. The van der Waals surface area contributed by atoms with Crippen LogP contribution in [-0.2, 0) is 4.79 Å². The normalized spacial score (nSPS) is 43.0. The van der Waals surface area contributed by atoms with Crippen LogP contribution in [0, 0.1) is 17.3 Å². The van der Waals surface area contributed by atoms with E-state index < -0.39 is 17.6 Å². The first-order valence-electron chi connectivity index (χ1n) is 4.17. The predicted octanol–water partition coefficient (Wildman–Crippen LogP) is 2.05. The Balaban J connectivity index is 2.27. The third-order valence-electron chi connectivity index (χ3n) is 3.24. The molecule has 0 heterocycles. The molecule has 13 heavy (non-hydrogen) atoms. The number of hydrogen-bond acceptors (Lipinski definition) is 1. The lowest BCUT2D eigenvalue weighted by molar-refractivity contribution is -0.232. The fourth-order valence-electron chi connectivity index (χ4n) is 2.32. The zero-order valence-electron chi connectivity index (χ0n) is 6.77. The maximum Gasteiger partial charge on any atom is 0.404 e. The Kier molecular flexibility index (Phi) is 1.49. The maximum absolute atomic E-state index is 12.5. The molecule has 0 aromatic carbocycles. The number of fused-ring (bicyclic) bond motifs is 1. The Bertz CT molecular complexity index is 249. The second kappa shape index (κ2) is 2.19. The molecule has 2 aliphatic carbocycles. The second-order valence-corrected chi connectivity index (χ2v) is 4.05. The molecule has 0 saturated heterocycles. The number of alkyl halides is 3. The molecule has 1 unspecified atom stereocenters. The molecule has 2 rings (SSSR count). The van der Waals surface area contributed by atoms with Gasteiger partial charge >= 0.3 is 12.1 Å². The maximum atomic E-state index is 12.5. The van der Waals surface area contributed by atoms with Crippen molar-refractivity contribution in [2.45, 2.75) is 25.4 Å². The van der Waals surface area contributed by atoms with E-state index in [9.17, 15) is 18.0 Å². The van der Waals surface area contributed by atoms with Crippen LogP contribution in [0.1, 0.15) is 19.3 Å². The summed E-state index contributed by atoms with van der Waals surface area (Å²) in [6.45, 7) is 0. The molecule has 0 amide bonds. The van der Waals surface area contributed by atoms with Gasteiger partial charge in [-0.3, -0.25) is 4.79 Å². The molecule has 2 nitrogen and oxygen atoms in total. The average molecular weight is 194 g/mol. The number of halogens is 3. The number of carboxylic acids is 1. The van der Waals surface area contributed by atoms with Crippen molar-refractivity contribution in [3.63, 3.8) is 0 Å². The molecule has 2 aliphatic rings. The van der Waals surface area contributed by atoms with Crippen molar-refractivity contribution >= 4 is 5.97 Å². The molecule has 2 saturated carbocycles. The van der Waals surface area contributed by atoms with Gasteiger partial charge in [-0.25, -0.2) is 0 Å². The number of carboxylic acid groups (broad SMARTS) is 1. The van der Waals surface area contributed by atoms with Crippen molar-refractivity contribution in [2.75, 3.05) is 0 Å². The van der Waals surface area contributed by atoms with Crippen LogP contribution in [0.15, 0.2) is 0 Å². The highest BCUT2D eigenvalue weighted by Gasteiger charge is 2.69. The van der Waals surface area contributed by atoms with Gasteiger partial charge < -0.3 is 5.11 Å². The highest BCUT2D eigenvalue weighted by molar-refractivity contribution is 5.76. The van der Waals surface area contributed by atoms with Crippen LogP contribution in [0.5, 0.6) is 0 Å². The van der Waals surface area contributed by atoms with Gasteiger partial charge in [-0.15, -0.1) is 0 Å². The van der Waals surface area contributed by atoms with Gasteiger partial charge in [0.1, 0.15) is 0 Å². The minimum atomic E-state index is -4.59. The molecule has 0 aliphatic heterocycles. The molecule has 2 fully saturated rings. The van der Waals surface area contributed by atoms with E-state index in [0.717, 1.165) is 6.42 Å². The Morgan fingerprint density at radius 3 is 2.00 bits per heavy atom. The molecular formula is C8H9F3O2. The van der Waals surface area contributed by atoms with E-state index in [-0.39, 0.29) is 24.7 Å². The van der Waals surface area contributed by atoms with E-state index in [2.05, 4.69) is 0 Å². The van der Waals surface area contributed by atoms with Crippen LogP contribution in [0.2, 0.25) is 0 Å². The molecule has 1 N–H and O–H groups in total. The zero-order chi connectivity index (χ0) is 9.85. The van der Waals surface area contributed by atoms with Crippen molar-refractivity contribution in [2.24, 2.45) is 17.3 Å². The third-order valence-corrected chi connectivity index (χ3v) is 3.24. The summed E-state index contributed by atoms with van der Waals surface area (Å²) in [4.78, 5) is 10.6. The van der Waals surface area contributed by atoms with Gasteiger partial charge in [0, 0.05) is 0 Å². The standard InChI is InChI=1S/C8H9F3O2/c9-8(10,11)7(6(12)13)2-4-1-5(4)3-7/h4-5H,1-3H2,(H,12,13)/t4-,5+,7?. The molecule has 0 radical (unpaired) electrons. The van der Waals surface area contributed by atoms with E-state index in [0.29, 0.717) is 0 Å². The quantitative estimate of drug-likeness (QED) is 0.693. The monoisotopic (exact) mass is 194 g/mol. The molecule has 74 valence electrons. The molecule has 3 atom stereocenters. The molecule has 5 heteroatoms. The summed E-state index contributed by atoms with van der Waals surface area (Å²) in [6, 6.07) is 0. The highest BCUT2D eigenvalue weighted by atomic mass is 19.4. The minimum Gasteiger partial charge on any atom is -0.481 e. The van der Waals surface area contributed by atoms with E-state index in [1.165, 1.54) is 0 Å². The van der Waals surface area contributed by atoms with Gasteiger partial charge in [0.2, 0.25) is 0 Å². The third kappa shape index (κ3) is 1.05. The van der Waals surface area contributed by atoms with Crippen LogP contribution in [0.25, 0.3) is 0 Å². The largest absolute Gasteiger partial charge is 0.481 e. The van der Waals surface area contributed by atoms with E-state index >= 15 is 0 Å². The van der Waals surface area contributed by atoms with Crippen LogP contribution < -0.4 is 0 Å². The first-order valence-corrected chi connectivity index (χ1v) is 4.17. The van der Waals surface area contributed by atoms with Gasteiger partial charge in [0.05, 0.1) is 0 Å². The Morgan fingerprint density at radius 1 is 1.31 bits per heavy atom. The van der Waals surface area contributed by atoms with Gasteiger partial charge in [0.25, 0.3) is 0 Å². The molecule has 0 aromatic rings. The number of aliphatic carboxylic acids is 1. The Hall–Kier alpha value is -0.740. The van der Waals surface area contributed by atoms with Gasteiger partial charge in [-0.05, 0) is 31.1 Å². The SMILES string of the molecule is O=C(O)C1(C(F)(F)F)C[C@H]2C[C@H]2C1. The van der Waals surface area contributed by atoms with Gasteiger partial charge in [-0.2, -0.15) is 13.2 Å². The Labute approximate surface area is 72.7 Å². The van der Waals surface area contributed by atoms with Crippen molar-refractivity contribution in [1.29, 1.82) is 0 Å². The minimum absolute atomic E-state index is 0.0118. The highest BCUT2D eigenvalue weighted by Crippen LogP contribution is 2.64. The lowest BCUT2D eigenvalue weighted by atomic mass is 9.82. The summed E-state index contributed by atoms with van der Waals surface area (Å²) in [5.74, 6) is -1.68. The molecular weight excluding hydrogens is 185 g/mol. The smallest absolute Gasteiger partial charge is 0.404 e. The summed E-state index contributed by atoms with van der Waals surface area (Å²) in [6.07, 6.45) is -4.23. The van der Waals surface area contributed by atoms with Gasteiger partial charge in [-0.1, -0.05) is 0 Å². The summed E-state index contributed by atoms with van der Waals surface area (Å²) < 4.78 is 37.4. The predicted molar refractivity (Wildman–Crippen MR) is 37.0 cm³/mol. The topological polar surface area (TPSA) is 37.3 Å². The first-order chi connectivity index (χ1) is 5.87. The number of rotatable bonds is 1. The summed E-state index contributed by atoms with van der Waals surface area (Å²) in [5.41, 5.74) is -2.43. The molecule has 0 aromatic heterocycles. The van der Waals surface area contributed by atoms with E-state index in [1.54, 1.807) is 0 Å².